The maximum absolute atomic E-state index is 13.1. The van der Waals surface area contributed by atoms with Gasteiger partial charge in [0.25, 0.3) is 5.76 Å². The minimum atomic E-state index is -2.44. The Hall–Kier alpha value is -1.82. The molecule has 20 heavy (non-hydrogen) atoms. The van der Waals surface area contributed by atoms with E-state index in [9.17, 15) is 18.3 Å². The maximum atomic E-state index is 13.1. The number of phenols is 1. The molecule has 0 aromatic heterocycles. The fourth-order valence-electron chi connectivity index (χ4n) is 1.69. The monoisotopic (exact) mass is 299 g/mol. The lowest BCUT2D eigenvalue weighted by molar-refractivity contribution is 0.252. The zero-order valence-corrected chi connectivity index (χ0v) is 11.1. The first kappa shape index (κ1) is 14.6. The van der Waals surface area contributed by atoms with Crippen molar-refractivity contribution in [1.29, 1.82) is 0 Å². The van der Waals surface area contributed by atoms with E-state index in [1.165, 1.54) is 12.1 Å². The number of rotatable bonds is 5. The summed E-state index contributed by atoms with van der Waals surface area (Å²) in [4.78, 5) is 0.481. The minimum absolute atomic E-state index is 0.134. The lowest BCUT2D eigenvalue weighted by atomic mass is 10.2. The van der Waals surface area contributed by atoms with Crippen LogP contribution in [-0.4, -0.2) is 10.9 Å². The Morgan fingerprint density at radius 2 is 1.80 bits per heavy atom. The number of hydrogen-bond acceptors (Lipinski definition) is 3. The molecule has 0 bridgehead atoms. The summed E-state index contributed by atoms with van der Waals surface area (Å²) in [6.45, 7) is 0.326. The molecule has 2 aromatic carbocycles. The summed E-state index contributed by atoms with van der Waals surface area (Å²) in [5, 5.41) is 12.3. The van der Waals surface area contributed by atoms with E-state index in [1.54, 1.807) is 24.3 Å². The van der Waals surface area contributed by atoms with Crippen LogP contribution in [-0.2, 0) is 6.54 Å². The molecule has 0 aliphatic carbocycles. The van der Waals surface area contributed by atoms with Crippen LogP contribution in [0.2, 0.25) is 0 Å². The molecule has 0 aliphatic rings. The molecular formula is C14H12F3NOS. The van der Waals surface area contributed by atoms with E-state index < -0.39 is 11.6 Å². The number of benzene rings is 2. The number of nitrogens with one attached hydrogen (secondary N) is 1. The summed E-state index contributed by atoms with van der Waals surface area (Å²) in [7, 11) is 0. The summed E-state index contributed by atoms with van der Waals surface area (Å²) in [6.07, 6.45) is 0. The SMILES string of the molecule is Oc1cc(F)cc(CNc2ccc(SC(F)F)cc2)c1. The number of thioether (sulfide) groups is 1. The maximum Gasteiger partial charge on any atom is 0.288 e. The predicted molar refractivity (Wildman–Crippen MR) is 73.7 cm³/mol. The summed E-state index contributed by atoms with van der Waals surface area (Å²) in [5.41, 5.74) is 1.32. The van der Waals surface area contributed by atoms with Crippen molar-refractivity contribution in [3.8, 4) is 5.75 Å². The molecule has 0 heterocycles. The van der Waals surface area contributed by atoms with Crippen molar-refractivity contribution in [1.82, 2.24) is 0 Å². The lowest BCUT2D eigenvalue weighted by Gasteiger charge is -2.08. The van der Waals surface area contributed by atoms with Crippen molar-refractivity contribution in [3.05, 3.63) is 53.8 Å². The van der Waals surface area contributed by atoms with Gasteiger partial charge in [0.05, 0.1) is 0 Å². The highest BCUT2D eigenvalue weighted by molar-refractivity contribution is 7.99. The highest BCUT2D eigenvalue weighted by Gasteiger charge is 2.05. The Morgan fingerprint density at radius 3 is 2.40 bits per heavy atom. The Kier molecular flexibility index (Phi) is 4.79. The number of hydrogen-bond donors (Lipinski definition) is 2. The van der Waals surface area contributed by atoms with E-state index in [2.05, 4.69) is 5.32 Å². The number of halogens is 3. The molecule has 0 spiro atoms. The third-order valence-corrected chi connectivity index (χ3v) is 3.24. The van der Waals surface area contributed by atoms with E-state index >= 15 is 0 Å². The number of phenolic OH excluding ortho intramolecular Hbond substituents is 1. The van der Waals surface area contributed by atoms with E-state index in [1.807, 2.05) is 0 Å². The quantitative estimate of drug-likeness (QED) is 0.800. The van der Waals surface area contributed by atoms with Gasteiger partial charge >= 0.3 is 0 Å². The van der Waals surface area contributed by atoms with Crippen molar-refractivity contribution in [2.45, 2.75) is 17.2 Å². The van der Waals surface area contributed by atoms with Gasteiger partial charge in [0.2, 0.25) is 0 Å². The third kappa shape index (κ3) is 4.38. The van der Waals surface area contributed by atoms with Gasteiger partial charge in [0, 0.05) is 23.2 Å². The van der Waals surface area contributed by atoms with Crippen molar-refractivity contribution in [2.75, 3.05) is 5.32 Å². The smallest absolute Gasteiger partial charge is 0.288 e. The lowest BCUT2D eigenvalue weighted by Crippen LogP contribution is -1.99. The normalized spacial score (nSPS) is 10.8. The van der Waals surface area contributed by atoms with Crippen LogP contribution in [0.15, 0.2) is 47.4 Å². The summed E-state index contributed by atoms with van der Waals surface area (Å²) in [5.74, 6) is -3.08. The summed E-state index contributed by atoms with van der Waals surface area (Å²) >= 11 is 0.482. The molecule has 2 aromatic rings. The van der Waals surface area contributed by atoms with Crippen LogP contribution in [0.4, 0.5) is 18.9 Å². The zero-order chi connectivity index (χ0) is 14.5. The Morgan fingerprint density at radius 1 is 1.10 bits per heavy atom. The minimum Gasteiger partial charge on any atom is -0.508 e. The number of anilines is 1. The molecule has 6 heteroatoms. The molecule has 0 saturated heterocycles. The molecule has 2 nitrogen and oxygen atoms in total. The van der Waals surface area contributed by atoms with Gasteiger partial charge in [-0.3, -0.25) is 0 Å². The Labute approximate surface area is 118 Å². The topological polar surface area (TPSA) is 32.3 Å². The van der Waals surface area contributed by atoms with E-state index in [0.29, 0.717) is 28.8 Å². The molecular weight excluding hydrogens is 287 g/mol. The molecule has 0 aliphatic heterocycles. The van der Waals surface area contributed by atoms with Crippen LogP contribution in [0.1, 0.15) is 5.56 Å². The molecule has 2 rings (SSSR count). The van der Waals surface area contributed by atoms with E-state index in [0.717, 1.165) is 11.8 Å². The van der Waals surface area contributed by atoms with Crippen LogP contribution in [0.25, 0.3) is 0 Å². The molecule has 0 amide bonds. The highest BCUT2D eigenvalue weighted by atomic mass is 32.2. The largest absolute Gasteiger partial charge is 0.508 e. The highest BCUT2D eigenvalue weighted by Crippen LogP contribution is 2.26. The van der Waals surface area contributed by atoms with Gasteiger partial charge in [-0.2, -0.15) is 8.78 Å². The molecule has 0 radical (unpaired) electrons. The van der Waals surface area contributed by atoms with Gasteiger partial charge in [-0.05, 0) is 42.0 Å². The van der Waals surface area contributed by atoms with Gasteiger partial charge in [0.1, 0.15) is 11.6 Å². The second-order valence-corrected chi connectivity index (χ2v) is 5.14. The Bertz CT molecular complexity index is 555. The van der Waals surface area contributed by atoms with Crippen molar-refractivity contribution >= 4 is 17.4 Å². The second kappa shape index (κ2) is 6.56. The van der Waals surface area contributed by atoms with Gasteiger partial charge in [-0.15, -0.1) is 0 Å². The Balaban J connectivity index is 1.96. The van der Waals surface area contributed by atoms with Crippen LogP contribution in [0.5, 0.6) is 5.75 Å². The van der Waals surface area contributed by atoms with Crippen LogP contribution < -0.4 is 5.32 Å². The molecule has 0 saturated carbocycles. The van der Waals surface area contributed by atoms with E-state index in [4.69, 9.17) is 0 Å². The average molecular weight is 299 g/mol. The predicted octanol–water partition coefficient (Wildman–Crippen LogP) is 4.46. The third-order valence-electron chi connectivity index (χ3n) is 2.52. The fourth-order valence-corrected chi connectivity index (χ4v) is 2.19. The van der Waals surface area contributed by atoms with Crippen LogP contribution in [0.3, 0.4) is 0 Å². The second-order valence-electron chi connectivity index (χ2n) is 4.07. The zero-order valence-electron chi connectivity index (χ0n) is 10.3. The van der Waals surface area contributed by atoms with Crippen LogP contribution >= 0.6 is 11.8 Å². The molecule has 106 valence electrons. The van der Waals surface area contributed by atoms with Crippen molar-refractivity contribution in [2.24, 2.45) is 0 Å². The standard InChI is InChI=1S/C14H12F3NOS/c15-10-5-9(6-12(19)7-10)8-18-11-1-3-13(4-2-11)20-14(16)17/h1-7,14,18-19H,8H2. The first-order chi connectivity index (χ1) is 9.52. The van der Waals surface area contributed by atoms with Crippen molar-refractivity contribution < 1.29 is 18.3 Å². The number of aromatic hydroxyl groups is 1. The number of alkyl halides is 2. The molecule has 0 unspecified atom stereocenters. The summed E-state index contributed by atoms with van der Waals surface area (Å²) in [6, 6.07) is 10.3. The van der Waals surface area contributed by atoms with Crippen LogP contribution in [0, 0.1) is 5.82 Å². The molecule has 0 atom stereocenters. The average Bonchev–Trinajstić information content (AvgIpc) is 2.36. The molecule has 2 N–H and O–H groups in total. The van der Waals surface area contributed by atoms with Gasteiger partial charge in [-0.1, -0.05) is 11.8 Å². The van der Waals surface area contributed by atoms with Gasteiger partial charge < -0.3 is 10.4 Å². The van der Waals surface area contributed by atoms with E-state index in [-0.39, 0.29) is 5.75 Å². The van der Waals surface area contributed by atoms with Crippen molar-refractivity contribution in [3.63, 3.8) is 0 Å². The first-order valence-electron chi connectivity index (χ1n) is 5.80. The molecule has 0 fully saturated rings. The van der Waals surface area contributed by atoms with Gasteiger partial charge in [-0.25, -0.2) is 4.39 Å². The fraction of sp³-hybridized carbons (Fsp3) is 0.143. The first-order valence-corrected chi connectivity index (χ1v) is 6.68. The van der Waals surface area contributed by atoms with Gasteiger partial charge in [0.15, 0.2) is 0 Å². The summed E-state index contributed by atoms with van der Waals surface area (Å²) < 4.78 is 37.4.